The number of guanidine groups is 1. The van der Waals surface area contributed by atoms with Crippen molar-refractivity contribution in [3.05, 3.63) is 47.7 Å². The maximum atomic E-state index is 5.45. The highest BCUT2D eigenvalue weighted by Gasteiger charge is 2.14. The fourth-order valence-corrected chi connectivity index (χ4v) is 3.61. The van der Waals surface area contributed by atoms with Gasteiger partial charge < -0.3 is 25.0 Å². The third kappa shape index (κ3) is 5.10. The first-order chi connectivity index (χ1) is 14.3. The zero-order valence-electron chi connectivity index (χ0n) is 17.0. The average Bonchev–Trinajstić information content (AvgIpc) is 3.44. The number of fused-ring (bicyclic) bond motifs is 1. The SMILES string of the molecule is CCNC(=NCc1ccnc(N2CCCC2)c1)NCCc1ccc2c(c1)OCO2. The number of benzene rings is 1. The summed E-state index contributed by atoms with van der Waals surface area (Å²) in [7, 11) is 0. The summed E-state index contributed by atoms with van der Waals surface area (Å²) in [5, 5.41) is 6.74. The quantitative estimate of drug-likeness (QED) is 0.555. The summed E-state index contributed by atoms with van der Waals surface area (Å²) in [6.45, 7) is 6.83. The Balaban J connectivity index is 1.32. The van der Waals surface area contributed by atoms with Gasteiger partial charge in [0.05, 0.1) is 6.54 Å². The van der Waals surface area contributed by atoms with Gasteiger partial charge in [-0.05, 0) is 61.6 Å². The van der Waals surface area contributed by atoms with Gasteiger partial charge >= 0.3 is 0 Å². The van der Waals surface area contributed by atoms with Crippen molar-refractivity contribution in [1.29, 1.82) is 0 Å². The van der Waals surface area contributed by atoms with E-state index in [2.05, 4.69) is 39.6 Å². The van der Waals surface area contributed by atoms with Crippen molar-refractivity contribution in [2.45, 2.75) is 32.7 Å². The van der Waals surface area contributed by atoms with Crippen molar-refractivity contribution in [1.82, 2.24) is 15.6 Å². The van der Waals surface area contributed by atoms with Gasteiger partial charge in [-0.1, -0.05) is 6.07 Å². The van der Waals surface area contributed by atoms with Crippen molar-refractivity contribution in [3.8, 4) is 11.5 Å². The van der Waals surface area contributed by atoms with Crippen LogP contribution in [0.5, 0.6) is 11.5 Å². The number of nitrogens with zero attached hydrogens (tertiary/aromatic N) is 3. The van der Waals surface area contributed by atoms with Crippen LogP contribution in [0.15, 0.2) is 41.5 Å². The number of anilines is 1. The predicted molar refractivity (Wildman–Crippen MR) is 115 cm³/mol. The van der Waals surface area contributed by atoms with Gasteiger partial charge in [0.15, 0.2) is 17.5 Å². The van der Waals surface area contributed by atoms with Crippen LogP contribution in [0.4, 0.5) is 5.82 Å². The molecule has 0 unspecified atom stereocenters. The molecule has 1 aromatic carbocycles. The van der Waals surface area contributed by atoms with E-state index in [4.69, 9.17) is 14.5 Å². The van der Waals surface area contributed by atoms with Gasteiger partial charge in [-0.3, -0.25) is 0 Å². The Kier molecular flexibility index (Phi) is 6.34. The molecule has 154 valence electrons. The van der Waals surface area contributed by atoms with Gasteiger partial charge in [-0.15, -0.1) is 0 Å². The molecular formula is C22H29N5O2. The van der Waals surface area contributed by atoms with Gasteiger partial charge in [-0.25, -0.2) is 9.98 Å². The van der Waals surface area contributed by atoms with Crippen molar-refractivity contribution >= 4 is 11.8 Å². The third-order valence-electron chi connectivity index (χ3n) is 5.15. The molecular weight excluding hydrogens is 366 g/mol. The minimum atomic E-state index is 0.308. The number of ether oxygens (including phenoxy) is 2. The summed E-state index contributed by atoms with van der Waals surface area (Å²) in [5.41, 5.74) is 2.39. The van der Waals surface area contributed by atoms with Crippen LogP contribution in [0.25, 0.3) is 0 Å². The molecule has 1 saturated heterocycles. The Bertz CT molecular complexity index is 849. The lowest BCUT2D eigenvalue weighted by Crippen LogP contribution is -2.38. The van der Waals surface area contributed by atoms with Crippen molar-refractivity contribution in [2.24, 2.45) is 4.99 Å². The van der Waals surface area contributed by atoms with Crippen LogP contribution in [0.2, 0.25) is 0 Å². The van der Waals surface area contributed by atoms with E-state index in [9.17, 15) is 0 Å². The van der Waals surface area contributed by atoms with Crippen molar-refractivity contribution in [2.75, 3.05) is 37.9 Å². The van der Waals surface area contributed by atoms with Crippen molar-refractivity contribution < 1.29 is 9.47 Å². The van der Waals surface area contributed by atoms with E-state index in [0.29, 0.717) is 13.3 Å². The van der Waals surface area contributed by atoms with Crippen LogP contribution in [-0.4, -0.2) is 43.9 Å². The molecule has 0 bridgehead atoms. The van der Waals surface area contributed by atoms with E-state index in [1.54, 1.807) is 0 Å². The van der Waals surface area contributed by atoms with E-state index >= 15 is 0 Å². The number of pyridine rings is 1. The molecule has 0 amide bonds. The highest BCUT2D eigenvalue weighted by atomic mass is 16.7. The predicted octanol–water partition coefficient (Wildman–Crippen LogP) is 2.71. The normalized spacial score (nSPS) is 15.6. The molecule has 7 nitrogen and oxygen atoms in total. The monoisotopic (exact) mass is 395 g/mol. The van der Waals surface area contributed by atoms with Crippen LogP contribution in [0, 0.1) is 0 Å². The fraction of sp³-hybridized carbons (Fsp3) is 0.455. The van der Waals surface area contributed by atoms with Crippen LogP contribution in [0.3, 0.4) is 0 Å². The minimum absolute atomic E-state index is 0.308. The lowest BCUT2D eigenvalue weighted by molar-refractivity contribution is 0.174. The van der Waals surface area contributed by atoms with E-state index in [1.807, 2.05) is 24.4 Å². The zero-order valence-corrected chi connectivity index (χ0v) is 17.0. The number of hydrogen-bond donors (Lipinski definition) is 2. The van der Waals surface area contributed by atoms with Gasteiger partial charge in [0, 0.05) is 32.4 Å². The number of aliphatic imine (C=N–C) groups is 1. The highest BCUT2D eigenvalue weighted by molar-refractivity contribution is 5.79. The summed E-state index contributed by atoms with van der Waals surface area (Å²) >= 11 is 0. The number of aromatic nitrogens is 1. The van der Waals surface area contributed by atoms with E-state index in [0.717, 1.165) is 55.9 Å². The van der Waals surface area contributed by atoms with E-state index in [1.165, 1.54) is 24.0 Å². The molecule has 1 aromatic heterocycles. The maximum Gasteiger partial charge on any atom is 0.231 e. The summed E-state index contributed by atoms with van der Waals surface area (Å²) in [6, 6.07) is 10.3. The Labute approximate surface area is 172 Å². The average molecular weight is 396 g/mol. The first-order valence-corrected chi connectivity index (χ1v) is 10.4. The molecule has 1 fully saturated rings. The van der Waals surface area contributed by atoms with Gasteiger partial charge in [0.2, 0.25) is 6.79 Å². The maximum absolute atomic E-state index is 5.45. The summed E-state index contributed by atoms with van der Waals surface area (Å²) in [5.74, 6) is 3.54. The van der Waals surface area contributed by atoms with Crippen molar-refractivity contribution in [3.63, 3.8) is 0 Å². The second-order valence-electron chi connectivity index (χ2n) is 7.28. The topological polar surface area (TPSA) is 71.0 Å². The number of hydrogen-bond acceptors (Lipinski definition) is 5. The third-order valence-corrected chi connectivity index (χ3v) is 5.15. The number of nitrogens with one attached hydrogen (secondary N) is 2. The Morgan fingerprint density at radius 1 is 1.07 bits per heavy atom. The standard InChI is InChI=1S/C22H29N5O2/c1-2-23-22(25-10-7-17-5-6-19-20(13-17)29-16-28-19)26-15-18-8-9-24-21(14-18)27-11-3-4-12-27/h5-6,8-9,13-14H,2-4,7,10-12,15-16H2,1H3,(H2,23,25,26). The summed E-state index contributed by atoms with van der Waals surface area (Å²) in [4.78, 5) is 11.6. The molecule has 2 aliphatic heterocycles. The smallest absolute Gasteiger partial charge is 0.231 e. The first-order valence-electron chi connectivity index (χ1n) is 10.4. The molecule has 0 aliphatic carbocycles. The molecule has 2 aromatic rings. The van der Waals surface area contributed by atoms with Gasteiger partial charge in [0.25, 0.3) is 0 Å². The molecule has 2 aliphatic rings. The summed E-state index contributed by atoms with van der Waals surface area (Å²) in [6.07, 6.45) is 5.28. The highest BCUT2D eigenvalue weighted by Crippen LogP contribution is 2.32. The fourth-order valence-electron chi connectivity index (χ4n) is 3.61. The molecule has 29 heavy (non-hydrogen) atoms. The molecule has 0 saturated carbocycles. The van der Waals surface area contributed by atoms with E-state index < -0.39 is 0 Å². The second-order valence-corrected chi connectivity index (χ2v) is 7.28. The second kappa shape index (κ2) is 9.49. The van der Waals surface area contributed by atoms with Crippen LogP contribution < -0.4 is 25.0 Å². The molecule has 7 heteroatoms. The lowest BCUT2D eigenvalue weighted by atomic mass is 10.1. The zero-order chi connectivity index (χ0) is 19.9. The number of rotatable bonds is 7. The van der Waals surface area contributed by atoms with Gasteiger partial charge in [0.1, 0.15) is 5.82 Å². The van der Waals surface area contributed by atoms with E-state index in [-0.39, 0.29) is 0 Å². The largest absolute Gasteiger partial charge is 0.454 e. The van der Waals surface area contributed by atoms with Crippen LogP contribution in [0.1, 0.15) is 30.9 Å². The Morgan fingerprint density at radius 3 is 2.79 bits per heavy atom. The summed E-state index contributed by atoms with van der Waals surface area (Å²) < 4.78 is 10.8. The van der Waals surface area contributed by atoms with Gasteiger partial charge in [-0.2, -0.15) is 0 Å². The first kappa shape index (κ1) is 19.4. The molecule has 4 rings (SSSR count). The Hall–Kier alpha value is -2.96. The van der Waals surface area contributed by atoms with Crippen LogP contribution in [-0.2, 0) is 13.0 Å². The molecule has 0 spiro atoms. The minimum Gasteiger partial charge on any atom is -0.454 e. The molecule has 3 heterocycles. The lowest BCUT2D eigenvalue weighted by Gasteiger charge is -2.16. The molecule has 2 N–H and O–H groups in total. The van der Waals surface area contributed by atoms with Crippen LogP contribution >= 0.6 is 0 Å². The molecule has 0 atom stereocenters. The Morgan fingerprint density at radius 2 is 1.93 bits per heavy atom. The molecule has 0 radical (unpaired) electrons.